The minimum atomic E-state index is -3.97. The van der Waals surface area contributed by atoms with Crippen molar-refractivity contribution in [1.29, 1.82) is 0 Å². The molecule has 0 aliphatic heterocycles. The number of rotatable bonds is 7. The van der Waals surface area contributed by atoms with E-state index in [0.717, 1.165) is 17.7 Å². The van der Waals surface area contributed by atoms with Crippen molar-refractivity contribution in [2.24, 2.45) is 0 Å². The molecule has 3 rings (SSSR count). The maximum Gasteiger partial charge on any atom is 0.274 e. The monoisotopic (exact) mass is 414 g/mol. The van der Waals surface area contributed by atoms with E-state index < -0.39 is 21.7 Å². The van der Waals surface area contributed by atoms with Gasteiger partial charge in [-0.3, -0.25) is 14.4 Å². The molecular formula is C21H19FN2O4S. The summed E-state index contributed by atoms with van der Waals surface area (Å²) in [4.78, 5) is 17.5. The highest BCUT2D eigenvalue weighted by Gasteiger charge is 2.19. The molecule has 3 aromatic rings. The molecule has 0 spiro atoms. The molecule has 0 radical (unpaired) electrons. The minimum Gasteiger partial charge on any atom is -0.280 e. The molecule has 0 aromatic heterocycles. The summed E-state index contributed by atoms with van der Waals surface area (Å²) in [7, 11) is -3.97. The van der Waals surface area contributed by atoms with Crippen LogP contribution in [-0.4, -0.2) is 14.3 Å². The normalized spacial score (nSPS) is 11.1. The molecule has 150 valence electrons. The lowest BCUT2D eigenvalue weighted by Crippen LogP contribution is -2.24. The van der Waals surface area contributed by atoms with Gasteiger partial charge in [0.15, 0.2) is 0 Å². The maximum atomic E-state index is 13.0. The number of amides is 1. The number of hydrogen-bond donors (Lipinski definition) is 2. The Morgan fingerprint density at radius 2 is 1.69 bits per heavy atom. The van der Waals surface area contributed by atoms with Gasteiger partial charge in [-0.2, -0.15) is 0 Å². The minimum absolute atomic E-state index is 0.0578. The fourth-order valence-electron chi connectivity index (χ4n) is 2.58. The van der Waals surface area contributed by atoms with Gasteiger partial charge < -0.3 is 0 Å². The molecular weight excluding hydrogens is 395 g/mol. The number of nitrogens with one attached hydrogen (secondary N) is 2. The number of hydroxylamine groups is 1. The van der Waals surface area contributed by atoms with Crippen molar-refractivity contribution in [3.8, 4) is 0 Å². The Hall–Kier alpha value is -3.23. The van der Waals surface area contributed by atoms with Crippen molar-refractivity contribution in [2.45, 2.75) is 18.4 Å². The van der Waals surface area contributed by atoms with Crippen molar-refractivity contribution in [1.82, 2.24) is 5.48 Å². The third kappa shape index (κ3) is 5.40. The third-order valence-electron chi connectivity index (χ3n) is 4.08. The highest BCUT2D eigenvalue weighted by Crippen LogP contribution is 2.21. The first-order valence-electron chi connectivity index (χ1n) is 8.70. The van der Waals surface area contributed by atoms with Crippen LogP contribution in [0.15, 0.2) is 77.7 Å². The molecule has 0 bridgehead atoms. The van der Waals surface area contributed by atoms with Gasteiger partial charge in [0.25, 0.3) is 15.9 Å². The molecule has 0 saturated heterocycles. The van der Waals surface area contributed by atoms with E-state index in [9.17, 15) is 17.6 Å². The average molecular weight is 414 g/mol. The van der Waals surface area contributed by atoms with E-state index in [1.165, 1.54) is 30.3 Å². The summed E-state index contributed by atoms with van der Waals surface area (Å²) in [5.74, 6) is -1.04. The van der Waals surface area contributed by atoms with Crippen LogP contribution in [0.2, 0.25) is 0 Å². The quantitative estimate of drug-likeness (QED) is 0.576. The number of carbonyl (C=O) groups excluding carboxylic acids is 1. The average Bonchev–Trinajstić information content (AvgIpc) is 2.70. The second kappa shape index (κ2) is 8.85. The third-order valence-corrected chi connectivity index (χ3v) is 5.61. The van der Waals surface area contributed by atoms with E-state index in [2.05, 4.69) is 10.2 Å². The molecule has 3 aromatic carbocycles. The van der Waals surface area contributed by atoms with Gasteiger partial charge in [-0.15, -0.1) is 0 Å². The molecule has 0 atom stereocenters. The molecule has 1 amide bonds. The zero-order valence-corrected chi connectivity index (χ0v) is 16.4. The summed E-state index contributed by atoms with van der Waals surface area (Å²) < 4.78 is 40.8. The molecule has 0 heterocycles. The maximum absolute atomic E-state index is 13.0. The van der Waals surface area contributed by atoms with E-state index in [-0.39, 0.29) is 22.8 Å². The van der Waals surface area contributed by atoms with Gasteiger partial charge in [-0.25, -0.2) is 18.3 Å². The van der Waals surface area contributed by atoms with E-state index >= 15 is 0 Å². The Morgan fingerprint density at radius 3 is 2.38 bits per heavy atom. The van der Waals surface area contributed by atoms with Gasteiger partial charge in [-0.05, 0) is 54.4 Å². The van der Waals surface area contributed by atoms with E-state index in [1.54, 1.807) is 6.92 Å². The summed E-state index contributed by atoms with van der Waals surface area (Å²) in [5.41, 5.74) is 3.99. The van der Waals surface area contributed by atoms with Crippen LogP contribution < -0.4 is 10.2 Å². The number of sulfonamides is 1. The first-order chi connectivity index (χ1) is 13.8. The van der Waals surface area contributed by atoms with E-state index in [4.69, 9.17) is 4.84 Å². The van der Waals surface area contributed by atoms with Gasteiger partial charge in [0, 0.05) is 11.3 Å². The van der Waals surface area contributed by atoms with Crippen LogP contribution in [0.1, 0.15) is 21.5 Å². The number of benzene rings is 3. The number of hydrogen-bond acceptors (Lipinski definition) is 4. The van der Waals surface area contributed by atoms with Crippen molar-refractivity contribution >= 4 is 21.6 Å². The Morgan fingerprint density at radius 1 is 1.00 bits per heavy atom. The van der Waals surface area contributed by atoms with Gasteiger partial charge in [0.1, 0.15) is 5.82 Å². The molecule has 29 heavy (non-hydrogen) atoms. The molecule has 6 nitrogen and oxygen atoms in total. The topological polar surface area (TPSA) is 84.5 Å². The highest BCUT2D eigenvalue weighted by atomic mass is 32.2. The standard InChI is InChI=1S/C21H19FN2O4S/c1-15-7-8-17(21(25)23-28-14-16-5-3-2-4-6-16)13-20(15)29(26,27)24-19-11-9-18(22)10-12-19/h2-13,24H,14H2,1H3,(H,23,25). The van der Waals surface area contributed by atoms with E-state index in [0.29, 0.717) is 5.56 Å². The number of aryl methyl sites for hydroxylation is 1. The molecule has 8 heteroatoms. The molecule has 0 aliphatic carbocycles. The largest absolute Gasteiger partial charge is 0.280 e. The highest BCUT2D eigenvalue weighted by molar-refractivity contribution is 7.92. The van der Waals surface area contributed by atoms with Crippen LogP contribution in [0.5, 0.6) is 0 Å². The van der Waals surface area contributed by atoms with Gasteiger partial charge in [0.05, 0.1) is 11.5 Å². The van der Waals surface area contributed by atoms with Gasteiger partial charge in [-0.1, -0.05) is 36.4 Å². The Labute approximate surface area is 168 Å². The second-order valence-corrected chi connectivity index (χ2v) is 7.95. The zero-order valence-electron chi connectivity index (χ0n) is 15.6. The molecule has 0 saturated carbocycles. The Balaban J connectivity index is 1.72. The van der Waals surface area contributed by atoms with Crippen LogP contribution in [0.3, 0.4) is 0 Å². The fourth-order valence-corrected chi connectivity index (χ4v) is 3.91. The summed E-state index contributed by atoms with van der Waals surface area (Å²) >= 11 is 0. The lowest BCUT2D eigenvalue weighted by molar-refractivity contribution is 0.0233. The van der Waals surface area contributed by atoms with Crippen LogP contribution >= 0.6 is 0 Å². The van der Waals surface area contributed by atoms with Crippen LogP contribution in [0.4, 0.5) is 10.1 Å². The summed E-state index contributed by atoms with van der Waals surface area (Å²) in [6.45, 7) is 1.79. The number of halogens is 1. The number of anilines is 1. The predicted octanol–water partition coefficient (Wildman–Crippen LogP) is 3.80. The van der Waals surface area contributed by atoms with Crippen LogP contribution in [0, 0.1) is 12.7 Å². The van der Waals surface area contributed by atoms with Crippen molar-refractivity contribution < 1.29 is 22.4 Å². The molecule has 0 aliphatic rings. The second-order valence-electron chi connectivity index (χ2n) is 6.30. The Kier molecular flexibility index (Phi) is 6.26. The summed E-state index contributed by atoms with van der Waals surface area (Å²) in [6, 6.07) is 18.5. The predicted molar refractivity (Wildman–Crippen MR) is 107 cm³/mol. The van der Waals surface area contributed by atoms with Crippen molar-refractivity contribution in [2.75, 3.05) is 4.72 Å². The molecule has 0 fully saturated rings. The molecule has 0 unspecified atom stereocenters. The molecule has 2 N–H and O–H groups in total. The first kappa shape index (κ1) is 20.5. The van der Waals surface area contributed by atoms with Crippen molar-refractivity contribution in [3.05, 3.63) is 95.3 Å². The van der Waals surface area contributed by atoms with Crippen LogP contribution in [-0.2, 0) is 21.5 Å². The zero-order chi connectivity index (χ0) is 20.9. The summed E-state index contributed by atoms with van der Waals surface area (Å²) in [6.07, 6.45) is 0. The van der Waals surface area contributed by atoms with Gasteiger partial charge in [0.2, 0.25) is 0 Å². The first-order valence-corrected chi connectivity index (χ1v) is 10.2. The summed E-state index contributed by atoms with van der Waals surface area (Å²) in [5, 5.41) is 0. The fraction of sp³-hybridized carbons (Fsp3) is 0.0952. The number of carbonyl (C=O) groups is 1. The Bertz CT molecular complexity index is 1100. The lowest BCUT2D eigenvalue weighted by atomic mass is 10.1. The van der Waals surface area contributed by atoms with Crippen molar-refractivity contribution in [3.63, 3.8) is 0 Å². The van der Waals surface area contributed by atoms with Gasteiger partial charge >= 0.3 is 0 Å². The van der Waals surface area contributed by atoms with Crippen LogP contribution in [0.25, 0.3) is 0 Å². The SMILES string of the molecule is Cc1ccc(C(=O)NOCc2ccccc2)cc1S(=O)(=O)Nc1ccc(F)cc1. The van der Waals surface area contributed by atoms with E-state index in [1.807, 2.05) is 30.3 Å². The lowest BCUT2D eigenvalue weighted by Gasteiger charge is -2.12. The smallest absolute Gasteiger partial charge is 0.274 e.